The summed E-state index contributed by atoms with van der Waals surface area (Å²) >= 11 is 1.50. The Hall–Kier alpha value is -3.07. The number of anilines is 1. The second kappa shape index (κ2) is 8.82. The molecular weight excluding hydrogens is 424 g/mol. The first-order chi connectivity index (χ1) is 15.6. The van der Waals surface area contributed by atoms with E-state index in [-0.39, 0.29) is 12.0 Å². The Labute approximate surface area is 190 Å². The lowest BCUT2D eigenvalue weighted by Gasteiger charge is -2.33. The van der Waals surface area contributed by atoms with E-state index in [1.54, 1.807) is 12.4 Å². The Balaban J connectivity index is 1.22. The van der Waals surface area contributed by atoms with Crippen LogP contribution in [0.5, 0.6) is 5.19 Å². The molecule has 1 fully saturated rings. The predicted molar refractivity (Wildman–Crippen MR) is 124 cm³/mol. The molecule has 32 heavy (non-hydrogen) atoms. The molecule has 0 unspecified atom stereocenters. The lowest BCUT2D eigenvalue weighted by molar-refractivity contribution is 0.131. The highest BCUT2D eigenvalue weighted by molar-refractivity contribution is 7.19. The van der Waals surface area contributed by atoms with E-state index in [1.165, 1.54) is 11.3 Å². The van der Waals surface area contributed by atoms with Crippen molar-refractivity contribution in [3.8, 4) is 16.5 Å². The summed E-state index contributed by atoms with van der Waals surface area (Å²) in [7, 11) is 0. The zero-order valence-corrected chi connectivity index (χ0v) is 19.2. The Kier molecular flexibility index (Phi) is 5.73. The van der Waals surface area contributed by atoms with Crippen molar-refractivity contribution in [2.45, 2.75) is 45.6 Å². The molecule has 0 spiro atoms. The van der Waals surface area contributed by atoms with Crippen LogP contribution >= 0.6 is 11.3 Å². The van der Waals surface area contributed by atoms with Gasteiger partial charge in [-0.1, -0.05) is 30.3 Å². The summed E-state index contributed by atoms with van der Waals surface area (Å²) in [5.74, 6) is 1.48. The summed E-state index contributed by atoms with van der Waals surface area (Å²) in [6.07, 6.45) is 5.64. The Morgan fingerprint density at radius 3 is 2.53 bits per heavy atom. The fourth-order valence-corrected chi connectivity index (χ4v) is 4.81. The SMILES string of the molecule is CC(C)c1noc(N2CCC([C@H](C)Oc3nc4ccc(-c5ccncc5)nc4s3)CC2)n1. The van der Waals surface area contributed by atoms with Crippen LogP contribution in [0.15, 0.2) is 41.2 Å². The number of fused-ring (bicyclic) bond motifs is 1. The number of ether oxygens (including phenoxy) is 1. The standard InChI is InChI=1S/C23H26N6O2S/c1-14(2)20-27-22(31-28-20)29-12-8-16(9-13-29)15(3)30-23-26-19-5-4-18(25-21(19)32-23)17-6-10-24-11-7-17/h4-7,10-11,14-16H,8-9,12-13H2,1-3H3/t15-/m0/s1. The topological polar surface area (TPSA) is 90.1 Å². The van der Waals surface area contributed by atoms with Crippen molar-refractivity contribution >= 4 is 27.7 Å². The normalized spacial score (nSPS) is 16.1. The molecule has 8 nitrogen and oxygen atoms in total. The average Bonchev–Trinajstić information content (AvgIpc) is 3.46. The van der Waals surface area contributed by atoms with Gasteiger partial charge in [0.05, 0.1) is 5.69 Å². The number of hydrogen-bond acceptors (Lipinski definition) is 9. The van der Waals surface area contributed by atoms with E-state index in [0.29, 0.717) is 17.1 Å². The molecule has 1 aliphatic rings. The molecule has 9 heteroatoms. The van der Waals surface area contributed by atoms with E-state index in [4.69, 9.17) is 14.2 Å². The van der Waals surface area contributed by atoms with Crippen molar-refractivity contribution in [1.29, 1.82) is 0 Å². The highest BCUT2D eigenvalue weighted by Gasteiger charge is 2.28. The van der Waals surface area contributed by atoms with Gasteiger partial charge in [-0.05, 0) is 49.9 Å². The van der Waals surface area contributed by atoms with Crippen molar-refractivity contribution < 1.29 is 9.26 Å². The molecule has 166 valence electrons. The van der Waals surface area contributed by atoms with Gasteiger partial charge in [-0.2, -0.15) is 4.98 Å². The average molecular weight is 451 g/mol. The zero-order valence-electron chi connectivity index (χ0n) is 18.4. The monoisotopic (exact) mass is 450 g/mol. The van der Waals surface area contributed by atoms with Gasteiger partial charge in [0.2, 0.25) is 0 Å². The van der Waals surface area contributed by atoms with Crippen molar-refractivity contribution in [3.05, 3.63) is 42.5 Å². The fraction of sp³-hybridized carbons (Fsp3) is 0.435. The number of rotatable bonds is 6. The lowest BCUT2D eigenvalue weighted by atomic mass is 9.92. The molecule has 5 rings (SSSR count). The minimum absolute atomic E-state index is 0.0753. The molecule has 1 saturated heterocycles. The summed E-state index contributed by atoms with van der Waals surface area (Å²) in [6, 6.07) is 8.53. The Morgan fingerprint density at radius 1 is 1.03 bits per heavy atom. The molecule has 0 aliphatic carbocycles. The number of aromatic nitrogens is 5. The first kappa shape index (κ1) is 20.8. The molecule has 1 atom stereocenters. The van der Waals surface area contributed by atoms with E-state index in [0.717, 1.165) is 53.4 Å². The maximum Gasteiger partial charge on any atom is 0.324 e. The van der Waals surface area contributed by atoms with Crippen molar-refractivity contribution in [2.75, 3.05) is 18.0 Å². The van der Waals surface area contributed by atoms with Crippen LogP contribution in [0.3, 0.4) is 0 Å². The minimum Gasteiger partial charge on any atom is -0.467 e. The van der Waals surface area contributed by atoms with Gasteiger partial charge < -0.3 is 14.2 Å². The summed E-state index contributed by atoms with van der Waals surface area (Å²) in [6.45, 7) is 8.03. The van der Waals surface area contributed by atoms with Crippen LogP contribution in [0, 0.1) is 5.92 Å². The number of thiazole rings is 1. The van der Waals surface area contributed by atoms with Crippen molar-refractivity contribution in [2.24, 2.45) is 5.92 Å². The molecule has 1 aliphatic heterocycles. The summed E-state index contributed by atoms with van der Waals surface area (Å²) < 4.78 is 11.7. The maximum absolute atomic E-state index is 6.25. The summed E-state index contributed by atoms with van der Waals surface area (Å²) in [5.41, 5.74) is 2.82. The van der Waals surface area contributed by atoms with E-state index < -0.39 is 0 Å². The Morgan fingerprint density at radius 2 is 1.81 bits per heavy atom. The third kappa shape index (κ3) is 4.29. The maximum atomic E-state index is 6.25. The largest absolute Gasteiger partial charge is 0.467 e. The molecule has 0 radical (unpaired) electrons. The van der Waals surface area contributed by atoms with Gasteiger partial charge in [-0.25, -0.2) is 9.97 Å². The predicted octanol–water partition coefficient (Wildman–Crippen LogP) is 4.94. The number of pyridine rings is 2. The molecule has 0 N–H and O–H groups in total. The van der Waals surface area contributed by atoms with Gasteiger partial charge in [0.25, 0.3) is 5.19 Å². The van der Waals surface area contributed by atoms with E-state index in [2.05, 4.69) is 45.8 Å². The molecule has 0 aromatic carbocycles. The van der Waals surface area contributed by atoms with Crippen LogP contribution < -0.4 is 9.64 Å². The molecule has 4 aromatic rings. The third-order valence-corrected chi connectivity index (χ3v) is 6.78. The van der Waals surface area contributed by atoms with Crippen LogP contribution in [0.1, 0.15) is 45.4 Å². The van der Waals surface area contributed by atoms with Gasteiger partial charge in [-0.3, -0.25) is 4.98 Å². The van der Waals surface area contributed by atoms with Crippen molar-refractivity contribution in [3.63, 3.8) is 0 Å². The molecule has 0 saturated carbocycles. The zero-order chi connectivity index (χ0) is 22.1. The highest BCUT2D eigenvalue weighted by atomic mass is 32.1. The minimum atomic E-state index is 0.0753. The molecule has 4 aromatic heterocycles. The van der Waals surface area contributed by atoms with Gasteiger partial charge in [0.15, 0.2) is 5.82 Å². The van der Waals surface area contributed by atoms with Gasteiger partial charge in [-0.15, -0.1) is 0 Å². The number of nitrogens with zero attached hydrogens (tertiary/aromatic N) is 6. The molecule has 0 amide bonds. The second-order valence-corrected chi connectivity index (χ2v) is 9.41. The quantitative estimate of drug-likeness (QED) is 0.408. The van der Waals surface area contributed by atoms with Crippen molar-refractivity contribution in [1.82, 2.24) is 25.1 Å². The molecule has 5 heterocycles. The van der Waals surface area contributed by atoms with Crippen LogP contribution in [-0.2, 0) is 0 Å². The van der Waals surface area contributed by atoms with Gasteiger partial charge >= 0.3 is 6.01 Å². The smallest absolute Gasteiger partial charge is 0.324 e. The van der Waals surface area contributed by atoms with Gasteiger partial charge in [0.1, 0.15) is 16.5 Å². The Bertz CT molecular complexity index is 1180. The van der Waals surface area contributed by atoms with E-state index in [9.17, 15) is 0 Å². The van der Waals surface area contributed by atoms with E-state index in [1.807, 2.05) is 24.3 Å². The van der Waals surface area contributed by atoms with Crippen LogP contribution in [0.2, 0.25) is 0 Å². The number of piperidine rings is 1. The summed E-state index contributed by atoms with van der Waals surface area (Å²) in [5, 5.41) is 4.75. The first-order valence-corrected chi connectivity index (χ1v) is 11.8. The molecule has 0 bridgehead atoms. The first-order valence-electron chi connectivity index (χ1n) is 11.0. The van der Waals surface area contributed by atoms with E-state index >= 15 is 0 Å². The lowest BCUT2D eigenvalue weighted by Crippen LogP contribution is -2.38. The molecular formula is C23H26N6O2S. The van der Waals surface area contributed by atoms with Gasteiger partial charge in [0, 0.05) is 37.0 Å². The third-order valence-electron chi connectivity index (χ3n) is 5.92. The van der Waals surface area contributed by atoms with Crippen LogP contribution in [0.4, 0.5) is 6.01 Å². The summed E-state index contributed by atoms with van der Waals surface area (Å²) in [4.78, 5) is 21.1. The van der Waals surface area contributed by atoms with Crippen LogP contribution in [0.25, 0.3) is 21.6 Å². The highest BCUT2D eigenvalue weighted by Crippen LogP contribution is 2.32. The number of hydrogen-bond donors (Lipinski definition) is 0. The second-order valence-electron chi connectivity index (χ2n) is 8.47. The van der Waals surface area contributed by atoms with Crippen LogP contribution in [-0.4, -0.2) is 44.3 Å². The fourth-order valence-electron chi connectivity index (χ4n) is 3.94.